The van der Waals surface area contributed by atoms with Crippen molar-refractivity contribution in [1.82, 2.24) is 9.97 Å². The van der Waals surface area contributed by atoms with Gasteiger partial charge in [-0.25, -0.2) is 4.98 Å². The Morgan fingerprint density at radius 2 is 1.89 bits per heavy atom. The third kappa shape index (κ3) is 2.99. The molecule has 0 aliphatic rings. The summed E-state index contributed by atoms with van der Waals surface area (Å²) in [4.78, 5) is 8.42. The van der Waals surface area contributed by atoms with Gasteiger partial charge in [-0.2, -0.15) is 4.98 Å². The average molecular weight is 263 g/mol. The lowest BCUT2D eigenvalue weighted by molar-refractivity contribution is 0.453. The Labute approximate surface area is 112 Å². The second-order valence-corrected chi connectivity index (χ2v) is 4.25. The minimum absolute atomic E-state index is 0.408. The molecule has 1 aromatic carbocycles. The zero-order valence-corrected chi connectivity index (χ0v) is 11.2. The van der Waals surface area contributed by atoms with Gasteiger partial charge in [-0.05, 0) is 18.1 Å². The quantitative estimate of drug-likeness (QED) is 0.780. The summed E-state index contributed by atoms with van der Waals surface area (Å²) in [6.07, 6.45) is 1.64. The van der Waals surface area contributed by atoms with E-state index in [1.165, 1.54) is 0 Å². The Bertz CT molecular complexity index is 543. The van der Waals surface area contributed by atoms with Crippen molar-refractivity contribution < 1.29 is 4.74 Å². The van der Waals surface area contributed by atoms with E-state index in [9.17, 15) is 0 Å². The molecule has 3 nitrogen and oxygen atoms in total. The van der Waals surface area contributed by atoms with Gasteiger partial charge in [0.05, 0.1) is 0 Å². The van der Waals surface area contributed by atoms with E-state index in [2.05, 4.69) is 16.9 Å². The van der Waals surface area contributed by atoms with Crippen molar-refractivity contribution in [2.45, 2.75) is 26.7 Å². The van der Waals surface area contributed by atoms with Gasteiger partial charge in [0, 0.05) is 12.5 Å². The molecule has 0 atom stereocenters. The van der Waals surface area contributed by atoms with Crippen LogP contribution < -0.4 is 4.74 Å². The molecule has 1 heterocycles. The molecule has 0 saturated heterocycles. The fraction of sp³-hybridized carbons (Fsp3) is 0.286. The predicted octanol–water partition coefficient (Wildman–Crippen LogP) is 4.05. The van der Waals surface area contributed by atoms with Gasteiger partial charge in [0.15, 0.2) is 0 Å². The second kappa shape index (κ2) is 5.83. The average Bonchev–Trinajstić information content (AvgIpc) is 2.38. The second-order valence-electron chi connectivity index (χ2n) is 3.86. The summed E-state index contributed by atoms with van der Waals surface area (Å²) in [5.74, 6) is 2.00. The van der Waals surface area contributed by atoms with E-state index in [-0.39, 0.29) is 0 Å². The van der Waals surface area contributed by atoms with Crippen molar-refractivity contribution in [3.8, 4) is 11.6 Å². The third-order valence-corrected chi connectivity index (χ3v) is 2.80. The zero-order valence-electron chi connectivity index (χ0n) is 10.5. The van der Waals surface area contributed by atoms with Gasteiger partial charge in [0.1, 0.15) is 16.7 Å². The van der Waals surface area contributed by atoms with Crippen LogP contribution in [0, 0.1) is 0 Å². The monoisotopic (exact) mass is 262 g/mol. The van der Waals surface area contributed by atoms with Crippen LogP contribution >= 0.6 is 11.6 Å². The molecule has 0 spiro atoms. The highest BCUT2D eigenvalue weighted by atomic mass is 35.5. The number of nitrogens with zero attached hydrogens (tertiary/aromatic N) is 2. The minimum Gasteiger partial charge on any atom is -0.439 e. The van der Waals surface area contributed by atoms with Crippen LogP contribution in [0.5, 0.6) is 11.6 Å². The van der Waals surface area contributed by atoms with Crippen LogP contribution in [0.15, 0.2) is 30.3 Å². The van der Waals surface area contributed by atoms with Crippen molar-refractivity contribution in [3.63, 3.8) is 0 Å². The number of hydrogen-bond acceptors (Lipinski definition) is 3. The molecule has 4 heteroatoms. The van der Waals surface area contributed by atoms with E-state index in [1.54, 1.807) is 6.07 Å². The van der Waals surface area contributed by atoms with E-state index in [0.717, 1.165) is 24.2 Å². The van der Waals surface area contributed by atoms with Crippen LogP contribution in [-0.4, -0.2) is 9.97 Å². The summed E-state index contributed by atoms with van der Waals surface area (Å²) in [6, 6.07) is 9.54. The lowest BCUT2D eigenvalue weighted by Gasteiger charge is -2.09. The molecular formula is C14H15ClN2O. The van der Waals surface area contributed by atoms with Gasteiger partial charge >= 0.3 is 0 Å². The molecule has 0 saturated carbocycles. The molecule has 0 aliphatic carbocycles. The zero-order chi connectivity index (χ0) is 13.0. The van der Waals surface area contributed by atoms with Crippen molar-refractivity contribution in [3.05, 3.63) is 46.9 Å². The molecule has 0 unspecified atom stereocenters. The molecule has 0 bridgehead atoms. The van der Waals surface area contributed by atoms with Crippen molar-refractivity contribution in [2.24, 2.45) is 0 Å². The van der Waals surface area contributed by atoms with Crippen molar-refractivity contribution in [2.75, 3.05) is 0 Å². The number of hydrogen-bond donors (Lipinski definition) is 0. The third-order valence-electron chi connectivity index (χ3n) is 2.60. The highest BCUT2D eigenvalue weighted by molar-refractivity contribution is 6.29. The van der Waals surface area contributed by atoms with Crippen molar-refractivity contribution in [1.29, 1.82) is 0 Å². The first-order valence-corrected chi connectivity index (χ1v) is 6.40. The summed E-state index contributed by atoms with van der Waals surface area (Å²) in [5.41, 5.74) is 1.14. The number of aryl methyl sites for hydroxylation is 2. The molecule has 18 heavy (non-hydrogen) atoms. The van der Waals surface area contributed by atoms with Crippen LogP contribution in [0.2, 0.25) is 5.15 Å². The van der Waals surface area contributed by atoms with Gasteiger partial charge in [-0.3, -0.25) is 0 Å². The molecule has 0 aliphatic heterocycles. The van der Waals surface area contributed by atoms with Gasteiger partial charge in [-0.15, -0.1) is 0 Å². The lowest BCUT2D eigenvalue weighted by Crippen LogP contribution is -1.97. The highest BCUT2D eigenvalue weighted by Crippen LogP contribution is 2.25. The van der Waals surface area contributed by atoms with E-state index >= 15 is 0 Å². The van der Waals surface area contributed by atoms with E-state index in [0.29, 0.717) is 16.9 Å². The fourth-order valence-corrected chi connectivity index (χ4v) is 1.85. The molecule has 0 amide bonds. The van der Waals surface area contributed by atoms with Gasteiger partial charge < -0.3 is 4.74 Å². The maximum Gasteiger partial charge on any atom is 0.224 e. The van der Waals surface area contributed by atoms with Crippen LogP contribution in [0.1, 0.15) is 25.2 Å². The first-order chi connectivity index (χ1) is 8.72. The molecule has 94 valence electrons. The normalized spacial score (nSPS) is 10.4. The largest absolute Gasteiger partial charge is 0.439 e. The summed E-state index contributed by atoms with van der Waals surface area (Å²) in [7, 11) is 0. The van der Waals surface area contributed by atoms with Gasteiger partial charge in [-0.1, -0.05) is 43.6 Å². The molecule has 2 rings (SSSR count). The van der Waals surface area contributed by atoms with E-state index < -0.39 is 0 Å². The van der Waals surface area contributed by atoms with Gasteiger partial charge in [0.25, 0.3) is 0 Å². The number of aromatic nitrogens is 2. The minimum atomic E-state index is 0.408. The Kier molecular flexibility index (Phi) is 4.15. The smallest absolute Gasteiger partial charge is 0.224 e. The lowest BCUT2D eigenvalue weighted by atomic mass is 10.1. The molecule has 0 radical (unpaired) electrons. The predicted molar refractivity (Wildman–Crippen MR) is 72.3 cm³/mol. The topological polar surface area (TPSA) is 35.0 Å². The van der Waals surface area contributed by atoms with E-state index in [1.807, 2.05) is 31.2 Å². The maximum atomic E-state index is 5.94. The standard InChI is InChI=1S/C14H15ClN2O/c1-3-10-7-5-6-8-11(10)18-14-9-12(15)16-13(4-2)17-14/h5-9H,3-4H2,1-2H3. The molecular weight excluding hydrogens is 248 g/mol. The first-order valence-electron chi connectivity index (χ1n) is 6.02. The molecule has 1 aromatic heterocycles. The number of ether oxygens (including phenoxy) is 1. The summed E-state index contributed by atoms with van der Waals surface area (Å²) in [6.45, 7) is 4.07. The molecule has 2 aromatic rings. The van der Waals surface area contributed by atoms with Crippen LogP contribution in [0.25, 0.3) is 0 Å². The highest BCUT2D eigenvalue weighted by Gasteiger charge is 2.06. The number of benzene rings is 1. The Balaban J connectivity index is 2.30. The van der Waals surface area contributed by atoms with Gasteiger partial charge in [0.2, 0.25) is 5.88 Å². The Hall–Kier alpha value is -1.61. The number of para-hydroxylation sites is 1. The van der Waals surface area contributed by atoms with Crippen LogP contribution in [0.4, 0.5) is 0 Å². The molecule has 0 fully saturated rings. The van der Waals surface area contributed by atoms with Crippen LogP contribution in [-0.2, 0) is 12.8 Å². The molecule has 0 N–H and O–H groups in total. The number of rotatable bonds is 4. The summed E-state index contributed by atoms with van der Waals surface area (Å²) < 4.78 is 5.79. The van der Waals surface area contributed by atoms with Crippen molar-refractivity contribution >= 4 is 11.6 Å². The Morgan fingerprint density at radius 1 is 1.11 bits per heavy atom. The Morgan fingerprint density at radius 3 is 2.61 bits per heavy atom. The summed E-state index contributed by atoms with van der Waals surface area (Å²) >= 11 is 5.94. The first kappa shape index (κ1) is 12.8. The number of halogens is 1. The fourth-order valence-electron chi connectivity index (χ4n) is 1.66. The maximum absolute atomic E-state index is 5.94. The van der Waals surface area contributed by atoms with Crippen LogP contribution in [0.3, 0.4) is 0 Å². The van der Waals surface area contributed by atoms with E-state index in [4.69, 9.17) is 16.3 Å². The SMILES string of the molecule is CCc1nc(Cl)cc(Oc2ccccc2CC)n1. The summed E-state index contributed by atoms with van der Waals surface area (Å²) in [5, 5.41) is 0.408.